The summed E-state index contributed by atoms with van der Waals surface area (Å²) in [5.74, 6) is 0.508. The van der Waals surface area contributed by atoms with Crippen LogP contribution in [0.1, 0.15) is 22.6 Å². The molecule has 0 bridgehead atoms. The molecule has 146 valence electrons. The number of nitrogens with zero attached hydrogens (tertiary/aromatic N) is 2. The van der Waals surface area contributed by atoms with Gasteiger partial charge in [-0.05, 0) is 41.8 Å². The minimum absolute atomic E-state index is 0.00504. The molecule has 3 aromatic carbocycles. The predicted octanol–water partition coefficient (Wildman–Crippen LogP) is 5.56. The van der Waals surface area contributed by atoms with E-state index in [0.717, 1.165) is 27.8 Å². The highest BCUT2D eigenvalue weighted by molar-refractivity contribution is 6.31. The number of benzene rings is 3. The van der Waals surface area contributed by atoms with Crippen LogP contribution in [0, 0.1) is 6.92 Å². The minimum atomic E-state index is -0.00504. The monoisotopic (exact) mass is 404 g/mol. The van der Waals surface area contributed by atoms with Crippen LogP contribution in [0.2, 0.25) is 5.02 Å². The Kier molecular flexibility index (Phi) is 5.63. The number of hydrogen-bond acceptors (Lipinski definition) is 3. The molecule has 0 spiro atoms. The maximum absolute atomic E-state index is 13.1. The third-order valence-electron chi connectivity index (χ3n) is 4.78. The van der Waals surface area contributed by atoms with Gasteiger partial charge in [-0.1, -0.05) is 66.2 Å². The van der Waals surface area contributed by atoms with Crippen LogP contribution >= 0.6 is 11.6 Å². The second kappa shape index (κ2) is 8.50. The molecule has 29 heavy (non-hydrogen) atoms. The summed E-state index contributed by atoms with van der Waals surface area (Å²) in [4.78, 5) is 19.4. The predicted molar refractivity (Wildman–Crippen MR) is 115 cm³/mol. The molecule has 0 aliphatic rings. The highest BCUT2D eigenvalue weighted by atomic mass is 35.5. The summed E-state index contributed by atoms with van der Waals surface area (Å²) < 4.78 is 5.88. The smallest absolute Gasteiger partial charge is 0.227 e. The normalized spacial score (nSPS) is 11.0. The highest BCUT2D eigenvalue weighted by Gasteiger charge is 2.19. The largest absolute Gasteiger partial charge is 0.439 e. The van der Waals surface area contributed by atoms with Gasteiger partial charge in [0.1, 0.15) is 5.52 Å². The van der Waals surface area contributed by atoms with Crippen LogP contribution in [0.15, 0.2) is 77.2 Å². The third kappa shape index (κ3) is 4.66. The molecule has 0 aliphatic heterocycles. The molecule has 0 aliphatic carbocycles. The number of aryl methyl sites for hydroxylation is 1. The lowest BCUT2D eigenvalue weighted by molar-refractivity contribution is -0.132. The van der Waals surface area contributed by atoms with E-state index in [2.05, 4.69) is 4.98 Å². The van der Waals surface area contributed by atoms with Crippen LogP contribution in [-0.2, 0) is 24.3 Å². The van der Waals surface area contributed by atoms with Crippen molar-refractivity contribution < 1.29 is 9.21 Å². The molecule has 1 heterocycles. The molecule has 5 heteroatoms. The van der Waals surface area contributed by atoms with Gasteiger partial charge in [-0.2, -0.15) is 0 Å². The quantitative estimate of drug-likeness (QED) is 0.422. The molecule has 0 saturated heterocycles. The molecule has 1 aromatic heterocycles. The average molecular weight is 405 g/mol. The standard InChI is InChI=1S/C24H21ClN2O2/c1-17-11-12-22-21(13-17)26-23(29-22)16-27(15-19-9-5-6-10-20(19)25)24(28)14-18-7-3-2-4-8-18/h2-13H,14-16H2,1H3. The van der Waals surface area contributed by atoms with Crippen molar-refractivity contribution in [1.29, 1.82) is 0 Å². The van der Waals surface area contributed by atoms with Gasteiger partial charge in [-0.15, -0.1) is 0 Å². The van der Waals surface area contributed by atoms with Crippen molar-refractivity contribution in [2.75, 3.05) is 0 Å². The van der Waals surface area contributed by atoms with Gasteiger partial charge < -0.3 is 9.32 Å². The van der Waals surface area contributed by atoms with Crippen molar-refractivity contribution in [3.8, 4) is 0 Å². The van der Waals surface area contributed by atoms with Gasteiger partial charge in [-0.3, -0.25) is 4.79 Å². The summed E-state index contributed by atoms with van der Waals surface area (Å²) >= 11 is 6.34. The highest BCUT2D eigenvalue weighted by Crippen LogP contribution is 2.22. The van der Waals surface area contributed by atoms with Crippen LogP contribution < -0.4 is 0 Å². The molecule has 0 N–H and O–H groups in total. The van der Waals surface area contributed by atoms with Gasteiger partial charge in [0.15, 0.2) is 5.58 Å². The fraction of sp³-hybridized carbons (Fsp3) is 0.167. The summed E-state index contributed by atoms with van der Waals surface area (Å²) in [7, 11) is 0. The number of hydrogen-bond donors (Lipinski definition) is 0. The van der Waals surface area contributed by atoms with Gasteiger partial charge in [-0.25, -0.2) is 4.98 Å². The fourth-order valence-corrected chi connectivity index (χ4v) is 3.46. The number of carbonyl (C=O) groups excluding carboxylic acids is 1. The SMILES string of the molecule is Cc1ccc2oc(CN(Cc3ccccc3Cl)C(=O)Cc3ccccc3)nc2c1. The average Bonchev–Trinajstić information content (AvgIpc) is 3.11. The third-order valence-corrected chi connectivity index (χ3v) is 5.15. The van der Waals surface area contributed by atoms with Crippen molar-refractivity contribution in [3.63, 3.8) is 0 Å². The van der Waals surface area contributed by atoms with E-state index in [-0.39, 0.29) is 12.5 Å². The van der Waals surface area contributed by atoms with Crippen LogP contribution in [-0.4, -0.2) is 15.8 Å². The Labute approximate surface area is 174 Å². The van der Waals surface area contributed by atoms with Gasteiger partial charge in [0.05, 0.1) is 13.0 Å². The van der Waals surface area contributed by atoms with E-state index in [1.54, 1.807) is 4.90 Å². The van der Waals surface area contributed by atoms with Crippen LogP contribution in [0.3, 0.4) is 0 Å². The van der Waals surface area contributed by atoms with Gasteiger partial charge >= 0.3 is 0 Å². The van der Waals surface area contributed by atoms with E-state index in [0.29, 0.717) is 23.9 Å². The van der Waals surface area contributed by atoms with Crippen molar-refractivity contribution >= 4 is 28.6 Å². The van der Waals surface area contributed by atoms with E-state index < -0.39 is 0 Å². The Morgan fingerprint density at radius 3 is 2.55 bits per heavy atom. The second-order valence-corrected chi connectivity index (χ2v) is 7.49. The van der Waals surface area contributed by atoms with Crippen LogP contribution in [0.5, 0.6) is 0 Å². The first-order valence-corrected chi connectivity index (χ1v) is 9.87. The summed E-state index contributed by atoms with van der Waals surface area (Å²) in [6.45, 7) is 2.69. The number of amides is 1. The first-order valence-electron chi connectivity index (χ1n) is 9.49. The number of aromatic nitrogens is 1. The van der Waals surface area contributed by atoms with Crippen molar-refractivity contribution in [2.45, 2.75) is 26.4 Å². The number of halogens is 1. The molecule has 0 unspecified atom stereocenters. The summed E-state index contributed by atoms with van der Waals surface area (Å²) in [5.41, 5.74) is 4.50. The van der Waals surface area contributed by atoms with E-state index >= 15 is 0 Å². The van der Waals surface area contributed by atoms with E-state index in [4.69, 9.17) is 16.0 Å². The molecular formula is C24H21ClN2O2. The fourth-order valence-electron chi connectivity index (χ4n) is 3.26. The van der Waals surface area contributed by atoms with E-state index in [1.807, 2.05) is 79.7 Å². The van der Waals surface area contributed by atoms with Crippen LogP contribution in [0.4, 0.5) is 0 Å². The van der Waals surface area contributed by atoms with Gasteiger partial charge in [0.2, 0.25) is 11.8 Å². The lowest BCUT2D eigenvalue weighted by atomic mass is 10.1. The van der Waals surface area contributed by atoms with Gasteiger partial charge in [0.25, 0.3) is 0 Å². The van der Waals surface area contributed by atoms with Crippen molar-refractivity contribution in [1.82, 2.24) is 9.88 Å². The maximum Gasteiger partial charge on any atom is 0.227 e. The van der Waals surface area contributed by atoms with Gasteiger partial charge in [0, 0.05) is 11.6 Å². The Morgan fingerprint density at radius 1 is 1.00 bits per heavy atom. The zero-order chi connectivity index (χ0) is 20.2. The molecule has 1 amide bonds. The second-order valence-electron chi connectivity index (χ2n) is 7.08. The summed E-state index contributed by atoms with van der Waals surface area (Å²) in [6.07, 6.45) is 0.310. The van der Waals surface area contributed by atoms with Crippen LogP contribution in [0.25, 0.3) is 11.1 Å². The molecular weight excluding hydrogens is 384 g/mol. The molecule has 4 rings (SSSR count). The molecule has 0 atom stereocenters. The van der Waals surface area contributed by atoms with Crippen molar-refractivity contribution in [2.24, 2.45) is 0 Å². The zero-order valence-electron chi connectivity index (χ0n) is 16.1. The maximum atomic E-state index is 13.1. The number of rotatable bonds is 6. The first kappa shape index (κ1) is 19.2. The topological polar surface area (TPSA) is 46.3 Å². The summed E-state index contributed by atoms with van der Waals surface area (Å²) in [5, 5.41) is 0.637. The first-order chi connectivity index (χ1) is 14.1. The summed E-state index contributed by atoms with van der Waals surface area (Å²) in [6, 6.07) is 23.1. The lowest BCUT2D eigenvalue weighted by Gasteiger charge is -2.22. The van der Waals surface area contributed by atoms with E-state index in [1.165, 1.54) is 0 Å². The van der Waals surface area contributed by atoms with E-state index in [9.17, 15) is 4.79 Å². The lowest BCUT2D eigenvalue weighted by Crippen LogP contribution is -2.31. The Hall–Kier alpha value is -3.11. The molecule has 0 fully saturated rings. The minimum Gasteiger partial charge on any atom is -0.439 e. The Balaban J connectivity index is 1.61. The Morgan fingerprint density at radius 2 is 1.76 bits per heavy atom. The molecule has 0 saturated carbocycles. The van der Waals surface area contributed by atoms with Crippen molar-refractivity contribution in [3.05, 3.63) is 100 Å². The number of fused-ring (bicyclic) bond motifs is 1. The number of carbonyl (C=O) groups is 1. The molecule has 0 radical (unpaired) electrons. The zero-order valence-corrected chi connectivity index (χ0v) is 16.9. The molecule has 4 nitrogen and oxygen atoms in total. The molecule has 4 aromatic rings. The number of oxazole rings is 1. The Bertz CT molecular complexity index is 1140.